The largest absolute Gasteiger partial charge is 0.504 e. The number of aldehydes is 3. The van der Waals surface area contributed by atoms with E-state index in [1.165, 1.54) is 25.3 Å². The van der Waals surface area contributed by atoms with Crippen LogP contribution >= 0.6 is 11.6 Å². The number of carbonyl (C=O) groups excluding carboxylic acids is 3. The lowest BCUT2D eigenvalue weighted by Crippen LogP contribution is -1.92. The van der Waals surface area contributed by atoms with Crippen LogP contribution < -0.4 is 18.9 Å². The van der Waals surface area contributed by atoms with Gasteiger partial charge in [-0.15, -0.1) is 11.6 Å². The minimum Gasteiger partial charge on any atom is -0.504 e. The average Bonchev–Trinajstić information content (AvgIpc) is 3.69. The number of ether oxygens (including phenoxy) is 5. The van der Waals surface area contributed by atoms with Gasteiger partial charge in [0.05, 0.1) is 32.8 Å². The standard InChI is InChI=1S/C8H6O3.C8H8O3.C8H8O2.C3H5ClO/c9-4-6-1-2-7-8(3-6)11-5-10-7;1-11-8-4-6(5-9)2-3-7(8)10;1-10-8-4-2-7(6-9)3-5-8;4-1-3-2-5-3/h1-4H,5H2;2-5,10H,1H3;2-6H,1H3;3H,1-2H2. The molecule has 0 saturated carbocycles. The molecule has 37 heavy (non-hydrogen) atoms. The molecule has 1 unspecified atom stereocenters. The first kappa shape index (κ1) is 29.2. The molecule has 1 saturated heterocycles. The van der Waals surface area contributed by atoms with Gasteiger partial charge in [0.15, 0.2) is 23.0 Å². The zero-order valence-corrected chi connectivity index (χ0v) is 21.1. The summed E-state index contributed by atoms with van der Waals surface area (Å²) < 4.78 is 24.5. The van der Waals surface area contributed by atoms with Gasteiger partial charge in [0.1, 0.15) is 24.6 Å². The molecule has 0 radical (unpaired) electrons. The average molecular weight is 531 g/mol. The van der Waals surface area contributed by atoms with Crippen LogP contribution in [0.4, 0.5) is 0 Å². The zero-order valence-electron chi connectivity index (χ0n) is 20.3. The molecule has 2 heterocycles. The van der Waals surface area contributed by atoms with Crippen molar-refractivity contribution in [3.8, 4) is 28.7 Å². The fourth-order valence-corrected chi connectivity index (χ4v) is 2.77. The number of epoxide rings is 1. The molecule has 5 rings (SSSR count). The summed E-state index contributed by atoms with van der Waals surface area (Å²) in [5.74, 6) is 3.14. The van der Waals surface area contributed by atoms with Crippen molar-refractivity contribution in [2.24, 2.45) is 0 Å². The highest BCUT2D eigenvalue weighted by Crippen LogP contribution is 2.31. The van der Waals surface area contributed by atoms with Crippen LogP contribution in [0.5, 0.6) is 28.7 Å². The lowest BCUT2D eigenvalue weighted by Gasteiger charge is -2.01. The van der Waals surface area contributed by atoms with Gasteiger partial charge in [-0.1, -0.05) is 0 Å². The second kappa shape index (κ2) is 15.8. The van der Waals surface area contributed by atoms with Crippen LogP contribution in [0.2, 0.25) is 0 Å². The summed E-state index contributed by atoms with van der Waals surface area (Å²) in [7, 11) is 3.03. The second-order valence-electron chi connectivity index (χ2n) is 7.28. The van der Waals surface area contributed by atoms with E-state index in [1.807, 2.05) is 0 Å². The van der Waals surface area contributed by atoms with Crippen molar-refractivity contribution >= 4 is 30.5 Å². The number of aromatic hydroxyl groups is 1. The number of phenols is 1. The van der Waals surface area contributed by atoms with E-state index in [1.54, 1.807) is 49.6 Å². The van der Waals surface area contributed by atoms with E-state index < -0.39 is 0 Å². The van der Waals surface area contributed by atoms with Crippen LogP contribution in [0.3, 0.4) is 0 Å². The number of methoxy groups -OCH3 is 2. The molecular weight excluding hydrogens is 504 g/mol. The maximum atomic E-state index is 10.3. The third-order valence-electron chi connectivity index (χ3n) is 4.70. The predicted molar refractivity (Wildman–Crippen MR) is 137 cm³/mol. The predicted octanol–water partition coefficient (Wildman–Crippen LogP) is 4.57. The molecule has 0 spiro atoms. The van der Waals surface area contributed by atoms with Gasteiger partial charge in [-0.25, -0.2) is 0 Å². The van der Waals surface area contributed by atoms with Crippen molar-refractivity contribution in [3.05, 3.63) is 77.4 Å². The molecule has 9 nitrogen and oxygen atoms in total. The topological polar surface area (TPSA) is 121 Å². The van der Waals surface area contributed by atoms with Crippen LogP contribution in [-0.2, 0) is 4.74 Å². The molecule has 0 amide bonds. The Hall–Kier alpha value is -4.08. The lowest BCUT2D eigenvalue weighted by molar-refractivity contribution is 0.111. The number of fused-ring (bicyclic) bond motifs is 1. The van der Waals surface area contributed by atoms with Crippen molar-refractivity contribution in [2.75, 3.05) is 33.5 Å². The molecule has 0 aliphatic carbocycles. The Morgan fingerprint density at radius 1 is 0.838 bits per heavy atom. The molecule has 0 aromatic heterocycles. The number of hydrogen-bond acceptors (Lipinski definition) is 9. The van der Waals surface area contributed by atoms with Gasteiger partial charge in [-0.2, -0.15) is 0 Å². The van der Waals surface area contributed by atoms with E-state index in [9.17, 15) is 14.4 Å². The number of carbonyl (C=O) groups is 3. The molecule has 0 bridgehead atoms. The molecule has 1 atom stereocenters. The zero-order chi connectivity index (χ0) is 27.0. The molecule has 2 aliphatic rings. The summed E-state index contributed by atoms with van der Waals surface area (Å²) in [6.07, 6.45) is 2.68. The summed E-state index contributed by atoms with van der Waals surface area (Å²) in [5, 5.41) is 9.09. The highest BCUT2D eigenvalue weighted by molar-refractivity contribution is 6.18. The Kier molecular flexibility index (Phi) is 12.5. The summed E-state index contributed by atoms with van der Waals surface area (Å²) in [4.78, 5) is 30.7. The van der Waals surface area contributed by atoms with E-state index in [2.05, 4.69) is 0 Å². The monoisotopic (exact) mass is 530 g/mol. The van der Waals surface area contributed by atoms with Gasteiger partial charge in [-0.05, 0) is 60.7 Å². The van der Waals surface area contributed by atoms with Crippen molar-refractivity contribution < 1.29 is 43.2 Å². The number of hydrogen-bond donors (Lipinski definition) is 1. The fraction of sp³-hybridized carbons (Fsp3) is 0.222. The Balaban J connectivity index is 0.000000179. The third kappa shape index (κ3) is 10.2. The minimum absolute atomic E-state index is 0.0399. The minimum atomic E-state index is 0.0399. The van der Waals surface area contributed by atoms with Crippen LogP contribution in [0.1, 0.15) is 31.1 Å². The third-order valence-corrected chi connectivity index (χ3v) is 5.04. The summed E-state index contributed by atoms with van der Waals surface area (Å²) in [5.41, 5.74) is 1.76. The first-order valence-electron chi connectivity index (χ1n) is 10.9. The number of benzene rings is 3. The van der Waals surface area contributed by atoms with Crippen LogP contribution in [0, 0.1) is 0 Å². The maximum absolute atomic E-state index is 10.3. The van der Waals surface area contributed by atoms with E-state index in [0.717, 1.165) is 24.9 Å². The van der Waals surface area contributed by atoms with Crippen molar-refractivity contribution in [2.45, 2.75) is 6.10 Å². The van der Waals surface area contributed by atoms with Crippen LogP contribution in [0.15, 0.2) is 60.7 Å². The number of rotatable bonds is 6. The summed E-state index contributed by atoms with van der Waals surface area (Å²) >= 11 is 5.27. The van der Waals surface area contributed by atoms with Crippen molar-refractivity contribution in [1.82, 2.24) is 0 Å². The second-order valence-corrected chi connectivity index (χ2v) is 7.59. The van der Waals surface area contributed by atoms with Crippen LogP contribution in [0.25, 0.3) is 0 Å². The van der Waals surface area contributed by atoms with Gasteiger partial charge in [0, 0.05) is 16.7 Å². The van der Waals surface area contributed by atoms with Crippen molar-refractivity contribution in [3.63, 3.8) is 0 Å². The normalized spacial score (nSPS) is 13.6. The molecule has 1 N–H and O–H groups in total. The molecule has 3 aromatic carbocycles. The fourth-order valence-electron chi connectivity index (χ4n) is 2.59. The first-order valence-corrected chi connectivity index (χ1v) is 11.4. The number of phenolic OH excluding ortho intramolecular Hbond substituents is 1. The molecule has 196 valence electrons. The maximum Gasteiger partial charge on any atom is 0.231 e. The molecule has 1 fully saturated rings. The van der Waals surface area contributed by atoms with Gasteiger partial charge in [-0.3, -0.25) is 14.4 Å². The van der Waals surface area contributed by atoms with Gasteiger partial charge >= 0.3 is 0 Å². The van der Waals surface area contributed by atoms with E-state index in [-0.39, 0.29) is 12.5 Å². The van der Waals surface area contributed by atoms with Crippen molar-refractivity contribution in [1.29, 1.82) is 0 Å². The lowest BCUT2D eigenvalue weighted by atomic mass is 10.2. The van der Waals surface area contributed by atoms with E-state index in [0.29, 0.717) is 52.2 Å². The Bertz CT molecular complexity index is 1130. The molecule has 3 aromatic rings. The highest BCUT2D eigenvalue weighted by atomic mass is 35.5. The van der Waals surface area contributed by atoms with Crippen LogP contribution in [-0.4, -0.2) is 63.6 Å². The summed E-state index contributed by atoms with van der Waals surface area (Å²) in [6.45, 7) is 1.13. The van der Waals surface area contributed by atoms with Gasteiger partial charge in [0.25, 0.3) is 0 Å². The Morgan fingerprint density at radius 2 is 1.41 bits per heavy atom. The molecule has 10 heteroatoms. The molecular formula is C27H27ClO9. The quantitative estimate of drug-likeness (QED) is 0.277. The number of alkyl halides is 1. The van der Waals surface area contributed by atoms with Gasteiger partial charge in [0.2, 0.25) is 6.79 Å². The Morgan fingerprint density at radius 3 is 1.92 bits per heavy atom. The smallest absolute Gasteiger partial charge is 0.231 e. The highest BCUT2D eigenvalue weighted by Gasteiger charge is 2.19. The molecule has 2 aliphatic heterocycles. The Labute approximate surface area is 219 Å². The van der Waals surface area contributed by atoms with E-state index in [4.69, 9.17) is 40.4 Å². The first-order chi connectivity index (χ1) is 18.0. The summed E-state index contributed by atoms with van der Waals surface area (Å²) in [6, 6.07) is 16.4. The van der Waals surface area contributed by atoms with E-state index >= 15 is 0 Å². The van der Waals surface area contributed by atoms with Gasteiger partial charge < -0.3 is 28.8 Å². The number of halogens is 1. The SMILES string of the molecule is COc1cc(C=O)ccc1O.COc1ccc(C=O)cc1.ClCC1CO1.O=Cc1ccc2c(c1)OCO2.